The SMILES string of the molecule is C=CCN(C)CCCCOC1CCC(N(C)S(=O)(=O)c2ccc(Cl)s2)CC1. The van der Waals surface area contributed by atoms with Crippen LogP contribution in [0.25, 0.3) is 0 Å². The summed E-state index contributed by atoms with van der Waals surface area (Å²) in [6.07, 6.45) is 7.82. The van der Waals surface area contributed by atoms with Crippen molar-refractivity contribution in [1.82, 2.24) is 9.21 Å². The zero-order valence-electron chi connectivity index (χ0n) is 16.3. The first kappa shape index (κ1) is 22.8. The largest absolute Gasteiger partial charge is 0.378 e. The van der Waals surface area contributed by atoms with Gasteiger partial charge in [-0.2, -0.15) is 4.31 Å². The van der Waals surface area contributed by atoms with Gasteiger partial charge in [-0.25, -0.2) is 8.42 Å². The van der Waals surface area contributed by atoms with Crippen LogP contribution in [-0.2, 0) is 14.8 Å². The highest BCUT2D eigenvalue weighted by molar-refractivity contribution is 7.91. The number of likely N-dealkylation sites (N-methyl/N-ethyl adjacent to an activating group) is 1. The van der Waals surface area contributed by atoms with Crippen LogP contribution in [0.4, 0.5) is 0 Å². The molecule has 1 aromatic rings. The van der Waals surface area contributed by atoms with Crippen molar-refractivity contribution in [2.75, 3.05) is 33.8 Å². The number of hydrogen-bond donors (Lipinski definition) is 0. The Kier molecular flexibility index (Phi) is 9.25. The van der Waals surface area contributed by atoms with Crippen LogP contribution in [0.2, 0.25) is 4.34 Å². The number of nitrogens with zero attached hydrogens (tertiary/aromatic N) is 2. The Morgan fingerprint density at radius 3 is 2.56 bits per heavy atom. The minimum Gasteiger partial charge on any atom is -0.378 e. The average Bonchev–Trinajstić information content (AvgIpc) is 3.09. The van der Waals surface area contributed by atoms with Crippen molar-refractivity contribution in [3.63, 3.8) is 0 Å². The Bertz CT molecular complexity index is 685. The lowest BCUT2D eigenvalue weighted by molar-refractivity contribution is 0.0153. The molecule has 1 saturated carbocycles. The first-order valence-electron chi connectivity index (χ1n) is 9.49. The highest BCUT2D eigenvalue weighted by Gasteiger charge is 2.32. The fourth-order valence-electron chi connectivity index (χ4n) is 3.40. The predicted octanol–water partition coefficient (Wildman–Crippen LogP) is 4.25. The number of ether oxygens (including phenoxy) is 1. The van der Waals surface area contributed by atoms with Crippen LogP contribution in [0, 0.1) is 0 Å². The monoisotopic (exact) mass is 434 g/mol. The van der Waals surface area contributed by atoms with E-state index >= 15 is 0 Å². The molecule has 0 aliphatic heterocycles. The van der Waals surface area contributed by atoms with Gasteiger partial charge in [0.05, 0.1) is 10.4 Å². The fourth-order valence-corrected chi connectivity index (χ4v) is 6.48. The zero-order valence-corrected chi connectivity index (χ0v) is 18.7. The molecule has 5 nitrogen and oxygen atoms in total. The van der Waals surface area contributed by atoms with E-state index in [4.69, 9.17) is 16.3 Å². The Hall–Kier alpha value is -0.440. The van der Waals surface area contributed by atoms with Gasteiger partial charge in [-0.3, -0.25) is 0 Å². The van der Waals surface area contributed by atoms with Crippen LogP contribution < -0.4 is 0 Å². The third-order valence-corrected chi connectivity index (χ3v) is 8.68. The first-order chi connectivity index (χ1) is 12.8. The van der Waals surface area contributed by atoms with Crippen LogP contribution in [0.5, 0.6) is 0 Å². The molecule has 0 saturated heterocycles. The molecule has 1 fully saturated rings. The molecule has 1 aromatic heterocycles. The van der Waals surface area contributed by atoms with E-state index in [1.807, 2.05) is 6.08 Å². The summed E-state index contributed by atoms with van der Waals surface area (Å²) in [6.45, 7) is 6.49. The molecule has 0 radical (unpaired) electrons. The van der Waals surface area contributed by atoms with E-state index in [1.54, 1.807) is 19.2 Å². The molecule has 0 unspecified atom stereocenters. The summed E-state index contributed by atoms with van der Waals surface area (Å²) in [5.74, 6) is 0. The molecule has 2 rings (SSSR count). The molecule has 1 heterocycles. The van der Waals surface area contributed by atoms with E-state index in [2.05, 4.69) is 18.5 Å². The quantitative estimate of drug-likeness (QED) is 0.386. The minimum absolute atomic E-state index is 0.0308. The summed E-state index contributed by atoms with van der Waals surface area (Å²) < 4.78 is 33.7. The van der Waals surface area contributed by atoms with Crippen molar-refractivity contribution in [1.29, 1.82) is 0 Å². The van der Waals surface area contributed by atoms with E-state index in [0.717, 1.165) is 69.6 Å². The second-order valence-corrected chi connectivity index (χ2v) is 11.1. The van der Waals surface area contributed by atoms with E-state index < -0.39 is 10.0 Å². The summed E-state index contributed by atoms with van der Waals surface area (Å²) in [4.78, 5) is 2.25. The third-order valence-electron chi connectivity index (χ3n) is 5.07. The number of sulfonamides is 1. The molecule has 1 aliphatic rings. The van der Waals surface area contributed by atoms with Gasteiger partial charge in [0.1, 0.15) is 4.21 Å². The average molecular weight is 435 g/mol. The maximum Gasteiger partial charge on any atom is 0.252 e. The van der Waals surface area contributed by atoms with Gasteiger partial charge in [0.2, 0.25) is 0 Å². The lowest BCUT2D eigenvalue weighted by atomic mass is 9.93. The summed E-state index contributed by atoms with van der Waals surface area (Å²) in [5.41, 5.74) is 0. The first-order valence-corrected chi connectivity index (χ1v) is 12.1. The lowest BCUT2D eigenvalue weighted by Crippen LogP contribution is -2.40. The highest BCUT2D eigenvalue weighted by atomic mass is 35.5. The molecule has 0 spiro atoms. The van der Waals surface area contributed by atoms with Crippen LogP contribution in [0.3, 0.4) is 0 Å². The van der Waals surface area contributed by atoms with Crippen molar-refractivity contribution in [2.45, 2.75) is 54.9 Å². The van der Waals surface area contributed by atoms with Crippen molar-refractivity contribution in [2.24, 2.45) is 0 Å². The van der Waals surface area contributed by atoms with Crippen LogP contribution in [0.15, 0.2) is 29.0 Å². The molecular formula is C19H31ClN2O3S2. The third kappa shape index (κ3) is 6.84. The van der Waals surface area contributed by atoms with Crippen molar-refractivity contribution in [3.05, 3.63) is 29.1 Å². The van der Waals surface area contributed by atoms with Gasteiger partial charge >= 0.3 is 0 Å². The van der Waals surface area contributed by atoms with Gasteiger partial charge in [0, 0.05) is 26.2 Å². The van der Waals surface area contributed by atoms with Crippen molar-refractivity contribution >= 4 is 33.0 Å². The van der Waals surface area contributed by atoms with E-state index in [1.165, 1.54) is 4.31 Å². The van der Waals surface area contributed by atoms with Crippen molar-refractivity contribution < 1.29 is 13.2 Å². The normalized spacial score (nSPS) is 21.1. The number of rotatable bonds is 11. The van der Waals surface area contributed by atoms with E-state index in [-0.39, 0.29) is 12.1 Å². The fraction of sp³-hybridized carbons (Fsp3) is 0.684. The number of halogens is 1. The molecular weight excluding hydrogens is 404 g/mol. The van der Waals surface area contributed by atoms with Crippen LogP contribution in [0.1, 0.15) is 38.5 Å². The Balaban J connectivity index is 1.69. The number of hydrogen-bond acceptors (Lipinski definition) is 5. The van der Waals surface area contributed by atoms with Crippen molar-refractivity contribution in [3.8, 4) is 0 Å². The van der Waals surface area contributed by atoms with E-state index in [0.29, 0.717) is 8.55 Å². The Morgan fingerprint density at radius 1 is 1.26 bits per heavy atom. The maximum absolute atomic E-state index is 12.7. The number of thiophene rings is 1. The van der Waals surface area contributed by atoms with Crippen LogP contribution in [-0.4, -0.2) is 63.6 Å². The molecule has 0 aromatic carbocycles. The van der Waals surface area contributed by atoms with Gasteiger partial charge in [-0.15, -0.1) is 17.9 Å². The van der Waals surface area contributed by atoms with Gasteiger partial charge < -0.3 is 9.64 Å². The zero-order chi connectivity index (χ0) is 19.9. The second-order valence-electron chi connectivity index (χ2n) is 7.14. The van der Waals surface area contributed by atoms with Gasteiger partial charge in [0.15, 0.2) is 0 Å². The van der Waals surface area contributed by atoms with Gasteiger partial charge in [0.25, 0.3) is 10.0 Å². The smallest absolute Gasteiger partial charge is 0.252 e. The Morgan fingerprint density at radius 2 is 1.96 bits per heavy atom. The highest BCUT2D eigenvalue weighted by Crippen LogP contribution is 2.32. The molecule has 154 valence electrons. The standard InChI is InChI=1S/C19H31ClN2O3S2/c1-4-13-21(2)14-5-6-15-25-17-9-7-16(8-10-17)22(3)27(23,24)19-12-11-18(20)26-19/h4,11-12,16-17H,1,5-10,13-15H2,2-3H3. The van der Waals surface area contributed by atoms with E-state index in [9.17, 15) is 8.42 Å². The summed E-state index contributed by atoms with van der Waals surface area (Å²) in [5, 5.41) is 0. The van der Waals surface area contributed by atoms with Gasteiger partial charge in [-0.1, -0.05) is 17.7 Å². The minimum atomic E-state index is -3.46. The molecule has 0 N–H and O–H groups in total. The summed E-state index contributed by atoms with van der Waals surface area (Å²) in [7, 11) is 0.313. The van der Waals surface area contributed by atoms with Crippen LogP contribution >= 0.6 is 22.9 Å². The second kappa shape index (κ2) is 10.9. The lowest BCUT2D eigenvalue weighted by Gasteiger charge is -2.33. The maximum atomic E-state index is 12.7. The Labute approximate surface area is 173 Å². The summed E-state index contributed by atoms with van der Waals surface area (Å²) >= 11 is 7.00. The number of unbranched alkanes of at least 4 members (excludes halogenated alkanes) is 1. The molecule has 0 atom stereocenters. The predicted molar refractivity (Wildman–Crippen MR) is 113 cm³/mol. The molecule has 1 aliphatic carbocycles. The van der Waals surface area contributed by atoms with Gasteiger partial charge in [-0.05, 0) is 64.3 Å². The molecule has 27 heavy (non-hydrogen) atoms. The molecule has 8 heteroatoms. The molecule has 0 bridgehead atoms. The topological polar surface area (TPSA) is 49.9 Å². The molecule has 0 amide bonds. The summed E-state index contributed by atoms with van der Waals surface area (Å²) in [6, 6.07) is 3.25.